The number of nitrogens with one attached hydrogen (secondary N) is 1. The van der Waals surface area contributed by atoms with Crippen molar-refractivity contribution in [1.82, 2.24) is 4.98 Å². The van der Waals surface area contributed by atoms with E-state index in [9.17, 15) is 0 Å². The number of rotatable bonds is 4. The number of hydrogen-bond acceptors (Lipinski definition) is 3. The van der Waals surface area contributed by atoms with Crippen LogP contribution in [0.15, 0.2) is 65.6 Å². The van der Waals surface area contributed by atoms with Gasteiger partial charge in [-0.3, -0.25) is 4.98 Å². The van der Waals surface area contributed by atoms with E-state index in [1.165, 1.54) is 10.3 Å². The molecule has 2 nitrogen and oxygen atoms in total. The molecule has 0 bridgehead atoms. The second-order valence-electron chi connectivity index (χ2n) is 4.55. The van der Waals surface area contributed by atoms with Crippen molar-refractivity contribution in [2.45, 2.75) is 11.4 Å². The van der Waals surface area contributed by atoms with Crippen LogP contribution < -0.4 is 5.32 Å². The Labute approximate surface area is 123 Å². The molecule has 1 aromatic heterocycles. The van der Waals surface area contributed by atoms with Crippen molar-refractivity contribution < 1.29 is 0 Å². The first kappa shape index (κ1) is 13.0. The SMILES string of the molecule is CSc1ccccc1NCc1ccc2ccccc2n1. The molecule has 0 amide bonds. The van der Waals surface area contributed by atoms with E-state index in [1.54, 1.807) is 11.8 Å². The quantitative estimate of drug-likeness (QED) is 0.709. The molecule has 3 heteroatoms. The maximum Gasteiger partial charge on any atom is 0.0706 e. The van der Waals surface area contributed by atoms with E-state index < -0.39 is 0 Å². The minimum absolute atomic E-state index is 0.738. The zero-order valence-electron chi connectivity index (χ0n) is 11.3. The second-order valence-corrected chi connectivity index (χ2v) is 5.40. The summed E-state index contributed by atoms with van der Waals surface area (Å²) in [6.45, 7) is 0.738. The molecule has 0 aliphatic rings. The van der Waals surface area contributed by atoms with Crippen LogP contribution in [-0.4, -0.2) is 11.2 Å². The molecule has 0 fully saturated rings. The fourth-order valence-corrected chi connectivity index (χ4v) is 2.76. The molecule has 3 rings (SSSR count). The molecule has 20 heavy (non-hydrogen) atoms. The summed E-state index contributed by atoms with van der Waals surface area (Å²) in [6, 6.07) is 20.7. The Morgan fingerprint density at radius 1 is 0.950 bits per heavy atom. The van der Waals surface area contributed by atoms with Crippen molar-refractivity contribution in [3.63, 3.8) is 0 Å². The topological polar surface area (TPSA) is 24.9 Å². The van der Waals surface area contributed by atoms with Crippen molar-refractivity contribution in [1.29, 1.82) is 0 Å². The highest BCUT2D eigenvalue weighted by Gasteiger charge is 2.01. The van der Waals surface area contributed by atoms with Gasteiger partial charge in [0.15, 0.2) is 0 Å². The maximum atomic E-state index is 4.68. The van der Waals surface area contributed by atoms with Gasteiger partial charge >= 0.3 is 0 Å². The zero-order chi connectivity index (χ0) is 13.8. The number of aromatic nitrogens is 1. The molecule has 0 aliphatic heterocycles. The maximum absolute atomic E-state index is 4.68. The van der Waals surface area contributed by atoms with Crippen LogP contribution >= 0.6 is 11.8 Å². The van der Waals surface area contributed by atoms with Crippen LogP contribution in [0.5, 0.6) is 0 Å². The number of benzene rings is 2. The van der Waals surface area contributed by atoms with Crippen LogP contribution in [0.25, 0.3) is 10.9 Å². The molecule has 0 spiro atoms. The lowest BCUT2D eigenvalue weighted by atomic mass is 10.2. The van der Waals surface area contributed by atoms with Crippen LogP contribution in [0, 0.1) is 0 Å². The monoisotopic (exact) mass is 280 g/mol. The van der Waals surface area contributed by atoms with Crippen molar-refractivity contribution in [3.8, 4) is 0 Å². The number of thioether (sulfide) groups is 1. The van der Waals surface area contributed by atoms with Gasteiger partial charge in [-0.1, -0.05) is 36.4 Å². The number of fused-ring (bicyclic) bond motifs is 1. The largest absolute Gasteiger partial charge is 0.378 e. The summed E-state index contributed by atoms with van der Waals surface area (Å²) in [4.78, 5) is 5.93. The number of anilines is 1. The average Bonchev–Trinajstić information content (AvgIpc) is 2.53. The number of para-hydroxylation sites is 2. The third kappa shape index (κ3) is 2.78. The van der Waals surface area contributed by atoms with E-state index in [1.807, 2.05) is 12.1 Å². The van der Waals surface area contributed by atoms with Crippen LogP contribution in [0.1, 0.15) is 5.69 Å². The summed E-state index contributed by atoms with van der Waals surface area (Å²) in [5.74, 6) is 0. The number of pyridine rings is 1. The first-order chi connectivity index (χ1) is 9.86. The Morgan fingerprint density at radius 2 is 1.75 bits per heavy atom. The Bertz CT molecular complexity index is 725. The van der Waals surface area contributed by atoms with E-state index in [-0.39, 0.29) is 0 Å². The molecule has 0 saturated heterocycles. The minimum atomic E-state index is 0.738. The molecule has 100 valence electrons. The van der Waals surface area contributed by atoms with Crippen LogP contribution in [0.3, 0.4) is 0 Å². The van der Waals surface area contributed by atoms with Crippen molar-refractivity contribution in [2.75, 3.05) is 11.6 Å². The molecule has 0 unspecified atom stereocenters. The molecule has 1 heterocycles. The van der Waals surface area contributed by atoms with Gasteiger partial charge in [-0.05, 0) is 30.5 Å². The van der Waals surface area contributed by atoms with Gasteiger partial charge in [0.25, 0.3) is 0 Å². The van der Waals surface area contributed by atoms with Crippen molar-refractivity contribution in [3.05, 3.63) is 66.4 Å². The highest BCUT2D eigenvalue weighted by atomic mass is 32.2. The fraction of sp³-hybridized carbons (Fsp3) is 0.118. The first-order valence-corrected chi connectivity index (χ1v) is 7.81. The molecule has 0 aliphatic carbocycles. The van der Waals surface area contributed by atoms with E-state index >= 15 is 0 Å². The summed E-state index contributed by atoms with van der Waals surface area (Å²) in [5.41, 5.74) is 3.26. The van der Waals surface area contributed by atoms with Gasteiger partial charge in [-0.25, -0.2) is 0 Å². The van der Waals surface area contributed by atoms with Gasteiger partial charge in [0, 0.05) is 16.0 Å². The van der Waals surface area contributed by atoms with Gasteiger partial charge in [-0.2, -0.15) is 0 Å². The van der Waals surface area contributed by atoms with E-state index in [0.717, 1.165) is 23.4 Å². The average molecular weight is 280 g/mol. The fourth-order valence-electron chi connectivity index (χ4n) is 2.18. The summed E-state index contributed by atoms with van der Waals surface area (Å²) < 4.78 is 0. The molecule has 1 N–H and O–H groups in total. The molecule has 2 aromatic carbocycles. The molecular weight excluding hydrogens is 264 g/mol. The predicted octanol–water partition coefficient (Wildman–Crippen LogP) is 4.57. The minimum Gasteiger partial charge on any atom is -0.378 e. The summed E-state index contributed by atoms with van der Waals surface area (Å²) in [5, 5.41) is 4.64. The predicted molar refractivity (Wildman–Crippen MR) is 87.3 cm³/mol. The van der Waals surface area contributed by atoms with Gasteiger partial charge in [0.2, 0.25) is 0 Å². The van der Waals surface area contributed by atoms with Gasteiger partial charge in [0.1, 0.15) is 0 Å². The summed E-state index contributed by atoms with van der Waals surface area (Å²) >= 11 is 1.75. The summed E-state index contributed by atoms with van der Waals surface area (Å²) in [6.07, 6.45) is 2.09. The molecule has 0 atom stereocenters. The Hall–Kier alpha value is -2.00. The Balaban J connectivity index is 1.79. The molecule has 0 radical (unpaired) electrons. The lowest BCUT2D eigenvalue weighted by molar-refractivity contribution is 1.06. The van der Waals surface area contributed by atoms with Crippen LogP contribution in [-0.2, 0) is 6.54 Å². The first-order valence-electron chi connectivity index (χ1n) is 6.58. The smallest absolute Gasteiger partial charge is 0.0706 e. The van der Waals surface area contributed by atoms with Crippen LogP contribution in [0.2, 0.25) is 0 Å². The highest BCUT2D eigenvalue weighted by molar-refractivity contribution is 7.98. The van der Waals surface area contributed by atoms with E-state index in [4.69, 9.17) is 0 Å². The van der Waals surface area contributed by atoms with Crippen LogP contribution in [0.4, 0.5) is 5.69 Å². The normalized spacial score (nSPS) is 10.7. The van der Waals surface area contributed by atoms with E-state index in [0.29, 0.717) is 0 Å². The Kier molecular flexibility index (Phi) is 3.88. The van der Waals surface area contributed by atoms with E-state index in [2.05, 4.69) is 65.1 Å². The van der Waals surface area contributed by atoms with Gasteiger partial charge < -0.3 is 5.32 Å². The van der Waals surface area contributed by atoms with Gasteiger partial charge in [-0.15, -0.1) is 11.8 Å². The highest BCUT2D eigenvalue weighted by Crippen LogP contribution is 2.25. The Morgan fingerprint density at radius 3 is 2.65 bits per heavy atom. The number of nitrogens with zero attached hydrogens (tertiary/aromatic N) is 1. The second kappa shape index (κ2) is 5.97. The molecule has 3 aromatic rings. The zero-order valence-corrected chi connectivity index (χ0v) is 12.2. The third-order valence-corrected chi connectivity index (χ3v) is 4.02. The lowest BCUT2D eigenvalue weighted by Crippen LogP contribution is -2.02. The van der Waals surface area contributed by atoms with Gasteiger partial charge in [0.05, 0.1) is 17.8 Å². The number of hydrogen-bond donors (Lipinski definition) is 1. The van der Waals surface area contributed by atoms with Crippen molar-refractivity contribution >= 4 is 28.4 Å². The molecular formula is C17H16N2S. The lowest BCUT2D eigenvalue weighted by Gasteiger charge is -2.10. The standard InChI is InChI=1S/C17H16N2S/c1-20-17-9-5-4-8-16(17)18-12-14-11-10-13-6-2-3-7-15(13)19-14/h2-11,18H,12H2,1H3. The summed E-state index contributed by atoms with van der Waals surface area (Å²) in [7, 11) is 0. The third-order valence-electron chi connectivity index (χ3n) is 3.22. The van der Waals surface area contributed by atoms with Crippen molar-refractivity contribution in [2.24, 2.45) is 0 Å². The molecule has 0 saturated carbocycles.